The van der Waals surface area contributed by atoms with Gasteiger partial charge in [0.1, 0.15) is 5.54 Å². The van der Waals surface area contributed by atoms with Gasteiger partial charge in [-0.3, -0.25) is 9.69 Å². The summed E-state index contributed by atoms with van der Waals surface area (Å²) in [7, 11) is 0. The van der Waals surface area contributed by atoms with Gasteiger partial charge in [-0.15, -0.1) is 0 Å². The van der Waals surface area contributed by atoms with Crippen molar-refractivity contribution in [1.82, 2.24) is 4.90 Å². The minimum Gasteiger partial charge on any atom is -0.296 e. The predicted octanol–water partition coefficient (Wildman–Crippen LogP) is 3.52. The lowest BCUT2D eigenvalue weighted by Crippen LogP contribution is -2.67. The van der Waals surface area contributed by atoms with E-state index in [1.54, 1.807) is 0 Å². The Morgan fingerprint density at radius 2 is 1.32 bits per heavy atom. The zero-order chi connectivity index (χ0) is 15.2. The Hall–Kier alpha value is -1.93. The number of ketones is 1. The number of hydrogen-bond donors (Lipinski definition) is 0. The average molecular weight is 291 g/mol. The molecule has 2 aromatic carbocycles. The molecule has 0 N–H and O–H groups in total. The summed E-state index contributed by atoms with van der Waals surface area (Å²) >= 11 is 0. The molecule has 3 aliphatic heterocycles. The van der Waals surface area contributed by atoms with E-state index < -0.39 is 5.54 Å². The molecule has 0 saturated carbocycles. The standard InChI is InChI=1S/C20H21NO/c1-19(16-8-4-2-5-9-16)18(22)20(12-14-21(19)15-13-20)17-10-6-3-7-11-17/h2-11H,12-15H2,1H3/t19-/m0/s1. The van der Waals surface area contributed by atoms with Gasteiger partial charge in [0, 0.05) is 13.1 Å². The molecule has 1 atom stereocenters. The molecule has 5 rings (SSSR count). The summed E-state index contributed by atoms with van der Waals surface area (Å²) in [5, 5.41) is 0. The third-order valence-corrected chi connectivity index (χ3v) is 5.79. The van der Waals surface area contributed by atoms with E-state index in [1.165, 1.54) is 5.56 Å². The van der Waals surface area contributed by atoms with Crippen LogP contribution in [0, 0.1) is 0 Å². The van der Waals surface area contributed by atoms with Crippen LogP contribution in [0.2, 0.25) is 0 Å². The summed E-state index contributed by atoms with van der Waals surface area (Å²) in [6.45, 7) is 4.10. The molecule has 2 nitrogen and oxygen atoms in total. The van der Waals surface area contributed by atoms with Crippen LogP contribution in [0.5, 0.6) is 0 Å². The second-order valence-corrected chi connectivity index (χ2v) is 6.70. The van der Waals surface area contributed by atoms with Crippen molar-refractivity contribution < 1.29 is 4.79 Å². The minimum atomic E-state index is -0.492. The predicted molar refractivity (Wildman–Crippen MR) is 87.7 cm³/mol. The fourth-order valence-electron chi connectivity index (χ4n) is 4.43. The van der Waals surface area contributed by atoms with Gasteiger partial charge in [0.25, 0.3) is 0 Å². The van der Waals surface area contributed by atoms with E-state index in [-0.39, 0.29) is 5.41 Å². The summed E-state index contributed by atoms with van der Waals surface area (Å²) in [4.78, 5) is 16.0. The van der Waals surface area contributed by atoms with Gasteiger partial charge < -0.3 is 0 Å². The summed E-state index contributed by atoms with van der Waals surface area (Å²) in [5.41, 5.74) is 1.52. The summed E-state index contributed by atoms with van der Waals surface area (Å²) in [5.74, 6) is 0.370. The molecule has 2 heteroatoms. The number of carbonyl (C=O) groups excluding carboxylic acids is 1. The van der Waals surface area contributed by atoms with Gasteiger partial charge in [0.05, 0.1) is 5.41 Å². The van der Waals surface area contributed by atoms with Crippen LogP contribution < -0.4 is 0 Å². The number of rotatable bonds is 2. The largest absolute Gasteiger partial charge is 0.296 e. The first-order valence-corrected chi connectivity index (χ1v) is 8.09. The molecule has 3 aliphatic rings. The van der Waals surface area contributed by atoms with Crippen LogP contribution in [0.1, 0.15) is 30.9 Å². The molecule has 0 aromatic heterocycles. The number of hydrogen-bond acceptors (Lipinski definition) is 2. The van der Waals surface area contributed by atoms with E-state index >= 15 is 0 Å². The van der Waals surface area contributed by atoms with Crippen molar-refractivity contribution in [2.75, 3.05) is 13.1 Å². The van der Waals surface area contributed by atoms with Crippen molar-refractivity contribution in [3.05, 3.63) is 71.8 Å². The molecule has 0 unspecified atom stereocenters. The van der Waals surface area contributed by atoms with Crippen molar-refractivity contribution in [3.63, 3.8) is 0 Å². The average Bonchev–Trinajstić information content (AvgIpc) is 2.61. The number of piperidine rings is 3. The highest BCUT2D eigenvalue weighted by atomic mass is 16.1. The number of carbonyl (C=O) groups is 1. The molecular weight excluding hydrogens is 270 g/mol. The van der Waals surface area contributed by atoms with Crippen LogP contribution in [0.3, 0.4) is 0 Å². The molecule has 0 spiro atoms. The molecule has 2 bridgehead atoms. The number of Topliss-reactive ketones (excluding diaryl/α,β-unsaturated/α-hetero) is 1. The van der Waals surface area contributed by atoms with Gasteiger partial charge in [-0.2, -0.15) is 0 Å². The fourth-order valence-corrected chi connectivity index (χ4v) is 4.43. The normalized spacial score (nSPS) is 33.9. The van der Waals surface area contributed by atoms with Gasteiger partial charge in [0.15, 0.2) is 5.78 Å². The van der Waals surface area contributed by atoms with Gasteiger partial charge in [0.2, 0.25) is 0 Å². The lowest BCUT2D eigenvalue weighted by molar-refractivity contribution is -0.151. The molecule has 0 aliphatic carbocycles. The van der Waals surface area contributed by atoms with E-state index in [1.807, 2.05) is 24.3 Å². The van der Waals surface area contributed by atoms with Crippen LogP contribution in [0.25, 0.3) is 0 Å². The molecular formula is C20H21NO. The Morgan fingerprint density at radius 3 is 1.86 bits per heavy atom. The maximum Gasteiger partial charge on any atom is 0.167 e. The Morgan fingerprint density at radius 1 is 0.818 bits per heavy atom. The lowest BCUT2D eigenvalue weighted by Gasteiger charge is -2.57. The van der Waals surface area contributed by atoms with Crippen LogP contribution in [0.4, 0.5) is 0 Å². The van der Waals surface area contributed by atoms with Gasteiger partial charge in [-0.05, 0) is 30.9 Å². The van der Waals surface area contributed by atoms with Gasteiger partial charge in [-0.25, -0.2) is 0 Å². The highest BCUT2D eigenvalue weighted by molar-refractivity contribution is 5.99. The van der Waals surface area contributed by atoms with Crippen molar-refractivity contribution in [2.24, 2.45) is 0 Å². The Balaban J connectivity index is 1.86. The van der Waals surface area contributed by atoms with E-state index in [2.05, 4.69) is 48.2 Å². The second-order valence-electron chi connectivity index (χ2n) is 6.70. The van der Waals surface area contributed by atoms with Crippen LogP contribution in [-0.2, 0) is 15.7 Å². The summed E-state index contributed by atoms with van der Waals surface area (Å²) in [6.07, 6.45) is 1.89. The van der Waals surface area contributed by atoms with Crippen molar-refractivity contribution in [3.8, 4) is 0 Å². The first kappa shape index (κ1) is 13.7. The molecule has 3 fully saturated rings. The molecule has 22 heavy (non-hydrogen) atoms. The second kappa shape index (κ2) is 4.79. The monoisotopic (exact) mass is 291 g/mol. The zero-order valence-electron chi connectivity index (χ0n) is 13.0. The highest BCUT2D eigenvalue weighted by Gasteiger charge is 2.59. The SMILES string of the molecule is C[C@]1(c2ccccc2)C(=O)C2(c3ccccc3)CCN1CC2. The maximum absolute atomic E-state index is 13.6. The molecule has 112 valence electrons. The smallest absolute Gasteiger partial charge is 0.167 e. The van der Waals surface area contributed by atoms with Crippen molar-refractivity contribution >= 4 is 5.78 Å². The number of fused-ring (bicyclic) bond motifs is 3. The van der Waals surface area contributed by atoms with Crippen LogP contribution in [-0.4, -0.2) is 23.8 Å². The van der Waals surface area contributed by atoms with E-state index in [9.17, 15) is 4.79 Å². The molecule has 3 saturated heterocycles. The van der Waals surface area contributed by atoms with Crippen LogP contribution in [0.15, 0.2) is 60.7 Å². The molecule has 3 heterocycles. The first-order valence-electron chi connectivity index (χ1n) is 8.09. The lowest BCUT2D eigenvalue weighted by atomic mass is 9.58. The van der Waals surface area contributed by atoms with E-state index in [0.29, 0.717) is 5.78 Å². The fraction of sp³-hybridized carbons (Fsp3) is 0.350. The van der Waals surface area contributed by atoms with E-state index in [0.717, 1.165) is 31.5 Å². The van der Waals surface area contributed by atoms with E-state index in [4.69, 9.17) is 0 Å². The highest BCUT2D eigenvalue weighted by Crippen LogP contribution is 2.50. The summed E-state index contributed by atoms with van der Waals surface area (Å²) < 4.78 is 0. The van der Waals surface area contributed by atoms with Crippen LogP contribution >= 0.6 is 0 Å². The first-order chi connectivity index (χ1) is 10.7. The van der Waals surface area contributed by atoms with Gasteiger partial charge in [-0.1, -0.05) is 60.7 Å². The number of benzene rings is 2. The zero-order valence-corrected chi connectivity index (χ0v) is 13.0. The summed E-state index contributed by atoms with van der Waals surface area (Å²) in [6, 6.07) is 20.7. The Labute approximate surface area is 131 Å². The molecule has 2 aromatic rings. The minimum absolute atomic E-state index is 0.305. The quantitative estimate of drug-likeness (QED) is 0.844. The van der Waals surface area contributed by atoms with Crippen molar-refractivity contribution in [1.29, 1.82) is 0 Å². The topological polar surface area (TPSA) is 20.3 Å². The van der Waals surface area contributed by atoms with Crippen molar-refractivity contribution in [2.45, 2.75) is 30.7 Å². The number of nitrogens with zero attached hydrogens (tertiary/aromatic N) is 1. The Bertz CT molecular complexity index is 643. The third-order valence-electron chi connectivity index (χ3n) is 5.79. The van der Waals surface area contributed by atoms with Gasteiger partial charge >= 0.3 is 0 Å². The molecule has 0 radical (unpaired) electrons. The maximum atomic E-state index is 13.6. The third kappa shape index (κ3) is 1.67. The molecule has 0 amide bonds. The Kier molecular flexibility index (Phi) is 2.98.